The first-order valence-electron chi connectivity index (χ1n) is 5.81. The minimum atomic E-state index is 0.476. The number of halogens is 1. The van der Waals surface area contributed by atoms with Crippen molar-refractivity contribution in [3.05, 3.63) is 51.0 Å². The number of aromatic nitrogens is 2. The molecule has 0 unspecified atom stereocenters. The predicted octanol–water partition coefficient (Wildman–Crippen LogP) is 4.34. The Kier molecular flexibility index (Phi) is 3.48. The van der Waals surface area contributed by atoms with E-state index >= 15 is 0 Å². The average molecular weight is 335 g/mol. The molecule has 0 aliphatic heterocycles. The molecule has 3 nitrogen and oxygen atoms in total. The van der Waals surface area contributed by atoms with Crippen molar-refractivity contribution < 1.29 is 4.74 Å². The van der Waals surface area contributed by atoms with Crippen LogP contribution < -0.4 is 4.74 Å². The molecule has 0 aliphatic carbocycles. The van der Waals surface area contributed by atoms with Gasteiger partial charge in [0.05, 0.1) is 0 Å². The normalized spacial score (nSPS) is 10.8. The van der Waals surface area contributed by atoms with E-state index in [1.807, 2.05) is 30.5 Å². The minimum absolute atomic E-state index is 0.476. The second-order valence-corrected chi connectivity index (χ2v) is 5.94. The van der Waals surface area contributed by atoms with E-state index < -0.39 is 0 Å². The molecule has 0 radical (unpaired) electrons. The molecule has 0 saturated carbocycles. The molecule has 0 aliphatic rings. The zero-order valence-electron chi connectivity index (χ0n) is 10.3. The number of thiazole rings is 1. The second-order valence-electron chi connectivity index (χ2n) is 4.11. The van der Waals surface area contributed by atoms with E-state index in [9.17, 15) is 0 Å². The molecular weight excluding hydrogens is 324 g/mol. The first-order chi connectivity index (χ1) is 9.24. The highest BCUT2D eigenvalue weighted by Gasteiger charge is 2.08. The molecule has 5 heteroatoms. The lowest BCUT2D eigenvalue weighted by Crippen LogP contribution is -1.97. The summed E-state index contributed by atoms with van der Waals surface area (Å²) >= 11 is 5.13. The van der Waals surface area contributed by atoms with Crippen molar-refractivity contribution in [2.24, 2.45) is 0 Å². The lowest BCUT2D eigenvalue weighted by Gasteiger charge is -2.09. The molecule has 0 fully saturated rings. The van der Waals surface area contributed by atoms with Crippen molar-refractivity contribution in [1.82, 2.24) is 9.97 Å². The van der Waals surface area contributed by atoms with Crippen LogP contribution in [0.25, 0.3) is 10.9 Å². The Labute approximate surface area is 123 Å². The van der Waals surface area contributed by atoms with E-state index in [0.717, 1.165) is 31.8 Å². The molecule has 0 atom stereocenters. The van der Waals surface area contributed by atoms with Gasteiger partial charge in [0.15, 0.2) is 0 Å². The molecule has 19 heavy (non-hydrogen) atoms. The van der Waals surface area contributed by atoms with Gasteiger partial charge < -0.3 is 4.74 Å². The summed E-state index contributed by atoms with van der Waals surface area (Å²) in [5.41, 5.74) is 1.86. The van der Waals surface area contributed by atoms with Crippen LogP contribution >= 0.6 is 27.3 Å². The van der Waals surface area contributed by atoms with Gasteiger partial charge in [0.1, 0.15) is 22.9 Å². The van der Waals surface area contributed by atoms with Crippen molar-refractivity contribution in [1.29, 1.82) is 0 Å². The summed E-state index contributed by atoms with van der Waals surface area (Å²) in [7, 11) is 0. The fourth-order valence-corrected chi connectivity index (χ4v) is 2.81. The van der Waals surface area contributed by atoms with Crippen LogP contribution in [0.5, 0.6) is 5.75 Å². The van der Waals surface area contributed by atoms with Gasteiger partial charge in [-0.15, -0.1) is 11.3 Å². The highest BCUT2D eigenvalue weighted by molar-refractivity contribution is 9.10. The number of ether oxygens (including phenoxy) is 1. The minimum Gasteiger partial charge on any atom is -0.484 e. The van der Waals surface area contributed by atoms with E-state index in [1.54, 1.807) is 17.5 Å². The maximum Gasteiger partial charge on any atom is 0.146 e. The van der Waals surface area contributed by atoms with E-state index in [2.05, 4.69) is 32.0 Å². The number of benzene rings is 1. The maximum absolute atomic E-state index is 5.84. The van der Waals surface area contributed by atoms with Crippen LogP contribution in [0.2, 0.25) is 0 Å². The first-order valence-corrected chi connectivity index (χ1v) is 7.48. The molecule has 2 heterocycles. The smallest absolute Gasteiger partial charge is 0.146 e. The number of nitrogens with zero attached hydrogens (tertiary/aromatic N) is 2. The molecule has 0 amide bonds. The van der Waals surface area contributed by atoms with E-state index in [0.29, 0.717) is 6.61 Å². The van der Waals surface area contributed by atoms with Gasteiger partial charge in [-0.1, -0.05) is 15.9 Å². The Hall–Kier alpha value is -1.46. The van der Waals surface area contributed by atoms with E-state index in [1.165, 1.54) is 0 Å². The SMILES string of the molecule is Cc1ccc2c(Br)ccc(OCc3nccs3)c2n1. The van der Waals surface area contributed by atoms with Gasteiger partial charge in [-0.25, -0.2) is 9.97 Å². The topological polar surface area (TPSA) is 35.0 Å². The van der Waals surface area contributed by atoms with Crippen LogP contribution in [-0.4, -0.2) is 9.97 Å². The van der Waals surface area contributed by atoms with Gasteiger partial charge in [-0.05, 0) is 31.2 Å². The summed E-state index contributed by atoms with van der Waals surface area (Å²) in [5, 5.41) is 3.96. The van der Waals surface area contributed by atoms with Crippen LogP contribution in [0, 0.1) is 6.92 Å². The molecule has 2 aromatic heterocycles. The fraction of sp³-hybridized carbons (Fsp3) is 0.143. The molecule has 3 aromatic rings. The molecule has 0 saturated heterocycles. The van der Waals surface area contributed by atoms with Crippen molar-refractivity contribution in [3.8, 4) is 5.75 Å². The molecule has 0 bridgehead atoms. The Balaban J connectivity index is 1.98. The Morgan fingerprint density at radius 3 is 2.95 bits per heavy atom. The maximum atomic E-state index is 5.84. The number of hydrogen-bond donors (Lipinski definition) is 0. The van der Waals surface area contributed by atoms with Gasteiger partial charge >= 0.3 is 0 Å². The third-order valence-corrected chi connectivity index (χ3v) is 4.19. The summed E-state index contributed by atoms with van der Waals surface area (Å²) in [6.07, 6.45) is 1.78. The molecular formula is C14H11BrN2OS. The Morgan fingerprint density at radius 1 is 1.26 bits per heavy atom. The van der Waals surface area contributed by atoms with Crippen LogP contribution in [-0.2, 0) is 6.61 Å². The van der Waals surface area contributed by atoms with Crippen molar-refractivity contribution in [3.63, 3.8) is 0 Å². The number of rotatable bonds is 3. The summed E-state index contributed by atoms with van der Waals surface area (Å²) in [6.45, 7) is 2.45. The van der Waals surface area contributed by atoms with Gasteiger partial charge in [0, 0.05) is 27.1 Å². The molecule has 0 N–H and O–H groups in total. The first kappa shape index (κ1) is 12.6. The quantitative estimate of drug-likeness (QED) is 0.714. The highest BCUT2D eigenvalue weighted by atomic mass is 79.9. The lowest BCUT2D eigenvalue weighted by molar-refractivity contribution is 0.308. The number of fused-ring (bicyclic) bond motifs is 1. The second kappa shape index (κ2) is 5.27. The van der Waals surface area contributed by atoms with Crippen LogP contribution in [0.15, 0.2) is 40.3 Å². The Morgan fingerprint density at radius 2 is 2.16 bits per heavy atom. The highest BCUT2D eigenvalue weighted by Crippen LogP contribution is 2.31. The molecule has 96 valence electrons. The summed E-state index contributed by atoms with van der Waals surface area (Å²) in [5.74, 6) is 0.789. The van der Waals surface area contributed by atoms with Crippen molar-refractivity contribution in [2.45, 2.75) is 13.5 Å². The van der Waals surface area contributed by atoms with Gasteiger partial charge in [0.2, 0.25) is 0 Å². The van der Waals surface area contributed by atoms with Gasteiger partial charge in [0.25, 0.3) is 0 Å². The van der Waals surface area contributed by atoms with Crippen LogP contribution in [0.4, 0.5) is 0 Å². The van der Waals surface area contributed by atoms with E-state index in [-0.39, 0.29) is 0 Å². The van der Waals surface area contributed by atoms with Gasteiger partial charge in [-0.2, -0.15) is 0 Å². The summed E-state index contributed by atoms with van der Waals surface area (Å²) < 4.78 is 6.86. The number of aryl methyl sites for hydroxylation is 1. The van der Waals surface area contributed by atoms with Crippen molar-refractivity contribution in [2.75, 3.05) is 0 Å². The fourth-order valence-electron chi connectivity index (χ4n) is 1.84. The van der Waals surface area contributed by atoms with Gasteiger partial charge in [-0.3, -0.25) is 0 Å². The van der Waals surface area contributed by atoms with Crippen molar-refractivity contribution >= 4 is 38.2 Å². The number of pyridine rings is 1. The predicted molar refractivity (Wildman–Crippen MR) is 80.6 cm³/mol. The molecule has 1 aromatic carbocycles. The standard InChI is InChI=1S/C14H11BrN2OS/c1-9-2-3-10-11(15)4-5-12(14(10)17-9)18-8-13-16-6-7-19-13/h2-7H,8H2,1H3. The van der Waals surface area contributed by atoms with E-state index in [4.69, 9.17) is 4.74 Å². The Bertz CT molecular complexity index is 713. The monoisotopic (exact) mass is 334 g/mol. The van der Waals surface area contributed by atoms with Crippen LogP contribution in [0.1, 0.15) is 10.7 Å². The number of hydrogen-bond acceptors (Lipinski definition) is 4. The summed E-state index contributed by atoms with van der Waals surface area (Å²) in [4.78, 5) is 8.77. The largest absolute Gasteiger partial charge is 0.484 e. The third-order valence-electron chi connectivity index (χ3n) is 2.74. The lowest BCUT2D eigenvalue weighted by atomic mass is 10.2. The average Bonchev–Trinajstić information content (AvgIpc) is 2.91. The summed E-state index contributed by atoms with van der Waals surface area (Å²) in [6, 6.07) is 7.97. The third kappa shape index (κ3) is 2.62. The molecule has 3 rings (SSSR count). The molecule has 0 spiro atoms. The zero-order valence-corrected chi connectivity index (χ0v) is 12.7. The zero-order chi connectivity index (χ0) is 13.2. The van der Waals surface area contributed by atoms with Crippen LogP contribution in [0.3, 0.4) is 0 Å².